The van der Waals surface area contributed by atoms with Gasteiger partial charge in [-0.1, -0.05) is 0 Å². The number of halogens is 2. The molecule has 0 bridgehead atoms. The fourth-order valence-electron chi connectivity index (χ4n) is 1.94. The van der Waals surface area contributed by atoms with Crippen molar-refractivity contribution >= 4 is 32.7 Å². The molecule has 0 aliphatic heterocycles. The van der Waals surface area contributed by atoms with Crippen LogP contribution in [0.2, 0.25) is 0 Å². The van der Waals surface area contributed by atoms with Gasteiger partial charge in [0.2, 0.25) is 0 Å². The Bertz CT molecular complexity index is 683. The molecule has 0 fully saturated rings. The Morgan fingerprint density at radius 1 is 1.38 bits per heavy atom. The predicted octanol–water partition coefficient (Wildman–Crippen LogP) is 2.27. The van der Waals surface area contributed by atoms with Crippen LogP contribution < -0.4 is 11.5 Å². The third-order valence-electron chi connectivity index (χ3n) is 3.06. The van der Waals surface area contributed by atoms with Crippen LogP contribution in [0.4, 0.5) is 4.39 Å². The second-order valence-electron chi connectivity index (χ2n) is 4.78. The molecule has 1 aromatic rings. The van der Waals surface area contributed by atoms with Crippen molar-refractivity contribution in [3.05, 3.63) is 46.9 Å². The van der Waals surface area contributed by atoms with Gasteiger partial charge in [-0.2, -0.15) is 0 Å². The van der Waals surface area contributed by atoms with E-state index in [0.717, 1.165) is 6.34 Å². The Kier molecular flexibility index (Phi) is 8.28. The average molecular weight is 398 g/mol. The summed E-state index contributed by atoms with van der Waals surface area (Å²) in [5, 5.41) is 9.87. The molecule has 0 aliphatic rings. The summed E-state index contributed by atoms with van der Waals surface area (Å²) in [5.41, 5.74) is 12.5. The van der Waals surface area contributed by atoms with Crippen molar-refractivity contribution in [3.8, 4) is 0 Å². The molecule has 1 aromatic carbocycles. The maximum atomic E-state index is 13.5. The minimum absolute atomic E-state index is 0.198. The van der Waals surface area contributed by atoms with Crippen molar-refractivity contribution in [2.75, 3.05) is 13.1 Å². The van der Waals surface area contributed by atoms with E-state index in [4.69, 9.17) is 11.5 Å². The van der Waals surface area contributed by atoms with Crippen LogP contribution in [0.5, 0.6) is 0 Å². The van der Waals surface area contributed by atoms with E-state index in [0.29, 0.717) is 27.9 Å². The Labute approximate surface area is 149 Å². The highest BCUT2D eigenvalue weighted by Crippen LogP contribution is 2.21. The number of amidine groups is 1. The summed E-state index contributed by atoms with van der Waals surface area (Å²) in [5.74, 6) is -0.185. The summed E-state index contributed by atoms with van der Waals surface area (Å²) >= 11 is 3.34. The third kappa shape index (κ3) is 5.54. The standard InChI is InChI=1S/C16H21BrFN5O/c1-3-21-15(17)11(7-19)8-22-16(23-9-20)13-5-4-12(18)6-14(13)10(2)24/h4-7,9-10,24H,3,8,19H2,1-2H3,(H2,20,22,23). The topological polar surface area (TPSA) is 109 Å². The van der Waals surface area contributed by atoms with Crippen LogP contribution in [-0.2, 0) is 0 Å². The van der Waals surface area contributed by atoms with E-state index >= 15 is 0 Å². The van der Waals surface area contributed by atoms with Gasteiger partial charge >= 0.3 is 0 Å². The van der Waals surface area contributed by atoms with Gasteiger partial charge in [-0.15, -0.1) is 0 Å². The van der Waals surface area contributed by atoms with Gasteiger partial charge in [-0.25, -0.2) is 9.38 Å². The van der Waals surface area contributed by atoms with E-state index in [2.05, 4.69) is 30.9 Å². The van der Waals surface area contributed by atoms with Gasteiger partial charge in [0.1, 0.15) is 10.4 Å². The van der Waals surface area contributed by atoms with Crippen LogP contribution in [-0.4, -0.2) is 35.0 Å². The number of hydrogen-bond acceptors (Lipinski definition) is 4. The highest BCUT2D eigenvalue weighted by Gasteiger charge is 2.14. The van der Waals surface area contributed by atoms with Crippen LogP contribution in [0.1, 0.15) is 31.1 Å². The van der Waals surface area contributed by atoms with E-state index < -0.39 is 11.9 Å². The third-order valence-corrected chi connectivity index (χ3v) is 3.82. The maximum Gasteiger partial charge on any atom is 0.156 e. The molecule has 0 amide bonds. The van der Waals surface area contributed by atoms with Gasteiger partial charge in [0.05, 0.1) is 19.0 Å². The number of nitrogens with zero attached hydrogens (tertiary/aromatic N) is 3. The minimum Gasteiger partial charge on any atom is -0.404 e. The van der Waals surface area contributed by atoms with Crippen LogP contribution in [0.25, 0.3) is 0 Å². The molecule has 0 aliphatic carbocycles. The van der Waals surface area contributed by atoms with Crippen molar-refractivity contribution < 1.29 is 9.50 Å². The van der Waals surface area contributed by atoms with Crippen molar-refractivity contribution in [1.29, 1.82) is 0 Å². The number of hydrogen-bond donors (Lipinski definition) is 3. The zero-order valence-electron chi connectivity index (χ0n) is 13.6. The normalized spacial score (nSPS) is 15.1. The molecule has 8 heteroatoms. The fourth-order valence-corrected chi connectivity index (χ4v) is 2.44. The number of benzene rings is 1. The summed E-state index contributed by atoms with van der Waals surface area (Å²) in [4.78, 5) is 12.6. The van der Waals surface area contributed by atoms with Crippen molar-refractivity contribution in [2.24, 2.45) is 26.4 Å². The molecular weight excluding hydrogens is 377 g/mol. The molecule has 0 aromatic heterocycles. The molecule has 1 unspecified atom stereocenters. The Hall–Kier alpha value is -2.06. The summed E-state index contributed by atoms with van der Waals surface area (Å²) in [6.07, 6.45) is 1.61. The molecule has 6 nitrogen and oxygen atoms in total. The summed E-state index contributed by atoms with van der Waals surface area (Å²) in [6.45, 7) is 4.23. The first-order valence-corrected chi connectivity index (χ1v) is 8.11. The van der Waals surface area contributed by atoms with Crippen molar-refractivity contribution in [2.45, 2.75) is 20.0 Å². The highest BCUT2D eigenvalue weighted by atomic mass is 79.9. The molecule has 5 N–H and O–H groups in total. The molecule has 0 saturated carbocycles. The smallest absolute Gasteiger partial charge is 0.156 e. The first-order valence-electron chi connectivity index (χ1n) is 7.32. The Balaban J connectivity index is 3.27. The molecule has 1 rings (SSSR count). The zero-order chi connectivity index (χ0) is 18.1. The first-order chi connectivity index (χ1) is 11.4. The summed E-state index contributed by atoms with van der Waals surface area (Å²) in [7, 11) is 0. The SMILES string of the molecule is CCN=C(Br)C(=CN)CN=C(N=CN)c1ccc(F)cc1C(C)O. The quantitative estimate of drug-likeness (QED) is 0.505. The molecule has 24 heavy (non-hydrogen) atoms. The summed E-state index contributed by atoms with van der Waals surface area (Å²) in [6, 6.07) is 4.02. The molecule has 0 spiro atoms. The van der Waals surface area contributed by atoms with Crippen LogP contribution in [0, 0.1) is 5.82 Å². The average Bonchev–Trinajstić information content (AvgIpc) is 2.54. The maximum absolute atomic E-state index is 13.5. The second kappa shape index (κ2) is 9.94. The summed E-state index contributed by atoms with van der Waals surface area (Å²) < 4.78 is 14.1. The minimum atomic E-state index is -0.883. The van der Waals surface area contributed by atoms with E-state index in [1.54, 1.807) is 0 Å². The second-order valence-corrected chi connectivity index (χ2v) is 5.53. The van der Waals surface area contributed by atoms with Crippen LogP contribution in [0.15, 0.2) is 44.9 Å². The molecule has 1 atom stereocenters. The van der Waals surface area contributed by atoms with Gasteiger partial charge in [-0.3, -0.25) is 9.98 Å². The van der Waals surface area contributed by atoms with Gasteiger partial charge in [0, 0.05) is 23.9 Å². The molecular formula is C16H21BrFN5O. The zero-order valence-corrected chi connectivity index (χ0v) is 15.2. The Morgan fingerprint density at radius 3 is 2.62 bits per heavy atom. The highest BCUT2D eigenvalue weighted by molar-refractivity contribution is 9.18. The van der Waals surface area contributed by atoms with E-state index in [1.807, 2.05) is 6.92 Å². The van der Waals surface area contributed by atoms with Crippen molar-refractivity contribution in [3.63, 3.8) is 0 Å². The molecule has 0 radical (unpaired) electrons. The van der Waals surface area contributed by atoms with Gasteiger partial charge in [0.25, 0.3) is 0 Å². The van der Waals surface area contributed by atoms with Gasteiger partial charge in [-0.05, 0) is 53.5 Å². The number of aliphatic imine (C=N–C) groups is 3. The lowest BCUT2D eigenvalue weighted by Gasteiger charge is -2.12. The molecule has 0 saturated heterocycles. The number of aliphatic hydroxyl groups excluding tert-OH is 1. The largest absolute Gasteiger partial charge is 0.404 e. The van der Waals surface area contributed by atoms with E-state index in [1.165, 1.54) is 31.3 Å². The molecule has 130 valence electrons. The van der Waals surface area contributed by atoms with E-state index in [-0.39, 0.29) is 12.4 Å². The van der Waals surface area contributed by atoms with Crippen LogP contribution >= 0.6 is 15.9 Å². The molecule has 0 heterocycles. The lowest BCUT2D eigenvalue weighted by Crippen LogP contribution is -2.10. The Morgan fingerprint density at radius 2 is 2.08 bits per heavy atom. The van der Waals surface area contributed by atoms with Gasteiger partial charge < -0.3 is 16.6 Å². The number of nitrogens with two attached hydrogens (primary N) is 2. The number of aliphatic hydroxyl groups is 1. The van der Waals surface area contributed by atoms with Gasteiger partial charge in [0.15, 0.2) is 5.84 Å². The monoisotopic (exact) mass is 397 g/mol. The lowest BCUT2D eigenvalue weighted by molar-refractivity contribution is 0.198. The first kappa shape index (κ1) is 20.0. The predicted molar refractivity (Wildman–Crippen MR) is 100 cm³/mol. The van der Waals surface area contributed by atoms with E-state index in [9.17, 15) is 9.50 Å². The fraction of sp³-hybridized carbons (Fsp3) is 0.312. The van der Waals surface area contributed by atoms with Crippen molar-refractivity contribution in [1.82, 2.24) is 0 Å². The lowest BCUT2D eigenvalue weighted by atomic mass is 10.0. The number of rotatable bonds is 6. The van der Waals surface area contributed by atoms with Crippen LogP contribution in [0.3, 0.4) is 0 Å².